The van der Waals surface area contributed by atoms with Gasteiger partial charge in [0.15, 0.2) is 6.61 Å². The van der Waals surface area contributed by atoms with Gasteiger partial charge in [0, 0.05) is 11.7 Å². The van der Waals surface area contributed by atoms with E-state index in [-0.39, 0.29) is 29.8 Å². The summed E-state index contributed by atoms with van der Waals surface area (Å²) in [6.07, 6.45) is 4.31. The van der Waals surface area contributed by atoms with Gasteiger partial charge >= 0.3 is 5.97 Å². The van der Waals surface area contributed by atoms with Crippen molar-refractivity contribution >= 4 is 17.6 Å². The predicted octanol–water partition coefficient (Wildman–Crippen LogP) is 1.40. The topological polar surface area (TPSA) is 102 Å². The standard InChI is InChI=1S/C14H18N2O4/c15-12-6-5-10(7-11(12)14(18)19)20-8-13(17)16-9-3-1-2-4-9/h5-7,9H,1-4,8,15H2,(H,16,17)(H,18,19). The van der Waals surface area contributed by atoms with Crippen LogP contribution in [0.3, 0.4) is 0 Å². The number of hydrogen-bond donors (Lipinski definition) is 3. The summed E-state index contributed by atoms with van der Waals surface area (Å²) in [5, 5.41) is 11.8. The van der Waals surface area contributed by atoms with E-state index in [0.717, 1.165) is 25.7 Å². The van der Waals surface area contributed by atoms with Crippen LogP contribution in [0, 0.1) is 0 Å². The molecule has 1 aliphatic carbocycles. The Kier molecular flexibility index (Phi) is 4.45. The Balaban J connectivity index is 1.88. The molecule has 0 saturated heterocycles. The third-order valence-electron chi connectivity index (χ3n) is 3.35. The van der Waals surface area contributed by atoms with Crippen LogP contribution in [0.25, 0.3) is 0 Å². The number of carboxylic acid groups (broad SMARTS) is 1. The van der Waals surface area contributed by atoms with Gasteiger partial charge in [-0.2, -0.15) is 0 Å². The van der Waals surface area contributed by atoms with Crippen LogP contribution in [0.1, 0.15) is 36.0 Å². The van der Waals surface area contributed by atoms with E-state index in [4.69, 9.17) is 15.6 Å². The Morgan fingerprint density at radius 3 is 2.70 bits per heavy atom. The molecule has 2 rings (SSSR count). The monoisotopic (exact) mass is 278 g/mol. The zero-order valence-electron chi connectivity index (χ0n) is 11.1. The lowest BCUT2D eigenvalue weighted by atomic mass is 10.2. The molecule has 0 radical (unpaired) electrons. The molecule has 20 heavy (non-hydrogen) atoms. The molecule has 6 nitrogen and oxygen atoms in total. The van der Waals surface area contributed by atoms with Crippen LogP contribution in [0.2, 0.25) is 0 Å². The molecule has 1 saturated carbocycles. The van der Waals surface area contributed by atoms with Crippen LogP contribution in [0.15, 0.2) is 18.2 Å². The highest BCUT2D eigenvalue weighted by Crippen LogP contribution is 2.20. The smallest absolute Gasteiger partial charge is 0.337 e. The van der Waals surface area contributed by atoms with E-state index in [9.17, 15) is 9.59 Å². The zero-order chi connectivity index (χ0) is 14.5. The van der Waals surface area contributed by atoms with Gasteiger partial charge in [-0.25, -0.2) is 4.79 Å². The highest BCUT2D eigenvalue weighted by Gasteiger charge is 2.17. The second-order valence-electron chi connectivity index (χ2n) is 4.89. The van der Waals surface area contributed by atoms with Gasteiger partial charge in [-0.1, -0.05) is 12.8 Å². The average molecular weight is 278 g/mol. The van der Waals surface area contributed by atoms with Gasteiger partial charge in [0.05, 0.1) is 5.56 Å². The van der Waals surface area contributed by atoms with E-state index in [1.165, 1.54) is 12.1 Å². The van der Waals surface area contributed by atoms with Crippen molar-refractivity contribution in [1.82, 2.24) is 5.32 Å². The van der Waals surface area contributed by atoms with Gasteiger partial charge in [0.1, 0.15) is 5.75 Å². The van der Waals surface area contributed by atoms with E-state index in [1.54, 1.807) is 6.07 Å². The molecule has 4 N–H and O–H groups in total. The minimum Gasteiger partial charge on any atom is -0.484 e. The third kappa shape index (κ3) is 3.63. The van der Waals surface area contributed by atoms with Crippen molar-refractivity contribution in [2.24, 2.45) is 0 Å². The van der Waals surface area contributed by atoms with Gasteiger partial charge in [-0.15, -0.1) is 0 Å². The van der Waals surface area contributed by atoms with Crippen LogP contribution >= 0.6 is 0 Å². The number of rotatable bonds is 5. The first-order valence-electron chi connectivity index (χ1n) is 6.61. The minimum absolute atomic E-state index is 0.0290. The molecule has 0 aliphatic heterocycles. The lowest BCUT2D eigenvalue weighted by molar-refractivity contribution is -0.123. The first-order chi connectivity index (χ1) is 9.56. The van der Waals surface area contributed by atoms with Crippen molar-refractivity contribution in [3.8, 4) is 5.75 Å². The van der Waals surface area contributed by atoms with Gasteiger partial charge in [-0.3, -0.25) is 4.79 Å². The van der Waals surface area contributed by atoms with Gasteiger partial charge in [-0.05, 0) is 31.0 Å². The normalized spacial score (nSPS) is 15.0. The number of amides is 1. The number of carbonyl (C=O) groups is 2. The van der Waals surface area contributed by atoms with E-state index in [2.05, 4.69) is 5.32 Å². The molecule has 1 aromatic carbocycles. The lowest BCUT2D eigenvalue weighted by Crippen LogP contribution is -2.36. The van der Waals surface area contributed by atoms with Gasteiger partial charge in [0.2, 0.25) is 0 Å². The maximum absolute atomic E-state index is 11.7. The Morgan fingerprint density at radius 1 is 1.35 bits per heavy atom. The van der Waals surface area contributed by atoms with E-state index >= 15 is 0 Å². The molecule has 108 valence electrons. The summed E-state index contributed by atoms with van der Waals surface area (Å²) in [6.45, 7) is -0.126. The molecule has 0 spiro atoms. The second kappa shape index (κ2) is 6.27. The fourth-order valence-corrected chi connectivity index (χ4v) is 2.30. The maximum atomic E-state index is 11.7. The Labute approximate surface area is 116 Å². The minimum atomic E-state index is -1.12. The number of nitrogens with one attached hydrogen (secondary N) is 1. The molecular weight excluding hydrogens is 260 g/mol. The Morgan fingerprint density at radius 2 is 2.05 bits per heavy atom. The molecule has 0 aromatic heterocycles. The number of ether oxygens (including phenoxy) is 1. The molecular formula is C14H18N2O4. The summed E-state index contributed by atoms with van der Waals surface area (Å²) in [7, 11) is 0. The first kappa shape index (κ1) is 14.2. The van der Waals surface area contributed by atoms with E-state index in [0.29, 0.717) is 5.75 Å². The number of anilines is 1. The number of nitrogens with two attached hydrogens (primary N) is 1. The number of nitrogen functional groups attached to an aromatic ring is 1. The molecule has 0 bridgehead atoms. The van der Waals surface area contributed by atoms with Gasteiger partial charge in [0.25, 0.3) is 5.91 Å². The number of aromatic carboxylic acids is 1. The number of carbonyl (C=O) groups excluding carboxylic acids is 1. The average Bonchev–Trinajstić information content (AvgIpc) is 2.90. The number of benzene rings is 1. The fourth-order valence-electron chi connectivity index (χ4n) is 2.30. The van der Waals surface area contributed by atoms with Crippen LogP contribution in [-0.4, -0.2) is 29.6 Å². The maximum Gasteiger partial charge on any atom is 0.337 e. The highest BCUT2D eigenvalue weighted by atomic mass is 16.5. The van der Waals surface area contributed by atoms with Crippen molar-refractivity contribution in [3.63, 3.8) is 0 Å². The van der Waals surface area contributed by atoms with E-state index in [1.807, 2.05) is 0 Å². The lowest BCUT2D eigenvalue weighted by Gasteiger charge is -2.13. The summed E-state index contributed by atoms with van der Waals surface area (Å²) >= 11 is 0. The molecule has 1 amide bonds. The molecule has 0 heterocycles. The summed E-state index contributed by atoms with van der Waals surface area (Å²) in [5.41, 5.74) is 5.68. The van der Waals surface area contributed by atoms with Crippen LogP contribution in [0.5, 0.6) is 5.75 Å². The van der Waals surface area contributed by atoms with Crippen molar-refractivity contribution in [2.45, 2.75) is 31.7 Å². The molecule has 6 heteroatoms. The molecule has 1 aliphatic rings. The fraction of sp³-hybridized carbons (Fsp3) is 0.429. The number of hydrogen-bond acceptors (Lipinski definition) is 4. The van der Waals surface area contributed by atoms with Crippen LogP contribution < -0.4 is 15.8 Å². The molecule has 1 fully saturated rings. The van der Waals surface area contributed by atoms with Crippen molar-refractivity contribution in [1.29, 1.82) is 0 Å². The summed E-state index contributed by atoms with van der Waals surface area (Å²) in [6, 6.07) is 4.56. The molecule has 0 unspecified atom stereocenters. The van der Waals surface area contributed by atoms with E-state index < -0.39 is 5.97 Å². The summed E-state index contributed by atoms with van der Waals surface area (Å²) < 4.78 is 5.29. The predicted molar refractivity (Wildman–Crippen MR) is 73.7 cm³/mol. The summed E-state index contributed by atoms with van der Waals surface area (Å²) in [5.74, 6) is -0.993. The second-order valence-corrected chi connectivity index (χ2v) is 4.89. The van der Waals surface area contributed by atoms with Crippen molar-refractivity contribution < 1.29 is 19.4 Å². The Hall–Kier alpha value is -2.24. The van der Waals surface area contributed by atoms with Crippen molar-refractivity contribution in [3.05, 3.63) is 23.8 Å². The molecule has 1 aromatic rings. The zero-order valence-corrected chi connectivity index (χ0v) is 11.1. The number of carboxylic acids is 1. The largest absolute Gasteiger partial charge is 0.484 e. The van der Waals surface area contributed by atoms with Crippen LogP contribution in [0.4, 0.5) is 5.69 Å². The Bertz CT molecular complexity index is 510. The highest BCUT2D eigenvalue weighted by molar-refractivity contribution is 5.94. The quantitative estimate of drug-likeness (QED) is 0.707. The third-order valence-corrected chi connectivity index (χ3v) is 3.35. The van der Waals surface area contributed by atoms with Crippen LogP contribution in [-0.2, 0) is 4.79 Å². The van der Waals surface area contributed by atoms with Crippen molar-refractivity contribution in [2.75, 3.05) is 12.3 Å². The molecule has 0 atom stereocenters. The summed E-state index contributed by atoms with van der Waals surface area (Å²) in [4.78, 5) is 22.6. The first-order valence-corrected chi connectivity index (χ1v) is 6.61. The SMILES string of the molecule is Nc1ccc(OCC(=O)NC2CCCC2)cc1C(=O)O. The van der Waals surface area contributed by atoms with Gasteiger partial charge < -0.3 is 20.9 Å².